The summed E-state index contributed by atoms with van der Waals surface area (Å²) < 4.78 is 12.4. The Balaban J connectivity index is 1.91. The number of methoxy groups -OCH3 is 1. The summed E-state index contributed by atoms with van der Waals surface area (Å²) in [6.45, 7) is 5.80. The van der Waals surface area contributed by atoms with Gasteiger partial charge in [0.15, 0.2) is 0 Å². The first-order valence-corrected chi connectivity index (χ1v) is 10.2. The summed E-state index contributed by atoms with van der Waals surface area (Å²) in [5, 5.41) is 15.2. The number of primary amides is 1. The number of likely N-dealkylation sites (tertiary alicyclic amines) is 1. The zero-order valence-electron chi connectivity index (χ0n) is 17.0. The fourth-order valence-corrected chi connectivity index (χ4v) is 3.73. The Morgan fingerprint density at radius 3 is 3.00 bits per heavy atom. The van der Waals surface area contributed by atoms with Crippen molar-refractivity contribution < 1.29 is 19.4 Å². The molecule has 1 saturated heterocycles. The van der Waals surface area contributed by atoms with Gasteiger partial charge >= 0.3 is 0 Å². The monoisotopic (exact) mass is 434 g/mol. The lowest BCUT2D eigenvalue weighted by Gasteiger charge is -2.34. The van der Waals surface area contributed by atoms with Crippen LogP contribution >= 0.6 is 11.6 Å². The van der Waals surface area contributed by atoms with E-state index in [1.807, 2.05) is 4.90 Å². The number of aliphatic hydroxyl groups is 1. The molecule has 1 fully saturated rings. The molecule has 0 radical (unpaired) electrons. The molecule has 1 unspecified atom stereocenters. The minimum Gasteiger partial charge on any atom is -0.490 e. The van der Waals surface area contributed by atoms with Crippen molar-refractivity contribution in [1.29, 1.82) is 0 Å². The molecule has 3 rings (SSSR count). The third-order valence-electron chi connectivity index (χ3n) is 5.13. The van der Waals surface area contributed by atoms with Gasteiger partial charge in [-0.3, -0.25) is 14.4 Å². The van der Waals surface area contributed by atoms with Gasteiger partial charge in [0, 0.05) is 32.0 Å². The second-order valence-electron chi connectivity index (χ2n) is 7.16. The molecule has 1 aliphatic heterocycles. The number of carbonyl (C=O) groups excluding carboxylic acids is 1. The highest BCUT2D eigenvalue weighted by atomic mass is 35.5. The molecule has 2 aromatic rings. The maximum absolute atomic E-state index is 12.1. The van der Waals surface area contributed by atoms with Gasteiger partial charge < -0.3 is 20.3 Å². The van der Waals surface area contributed by atoms with Crippen LogP contribution in [-0.4, -0.2) is 65.3 Å². The van der Waals surface area contributed by atoms with Gasteiger partial charge in [-0.05, 0) is 31.1 Å². The maximum atomic E-state index is 12.1. The Morgan fingerprint density at radius 2 is 2.30 bits per heavy atom. The number of ether oxygens (including phenoxy) is 2. The molecule has 2 heterocycles. The first-order chi connectivity index (χ1) is 14.4. The molecule has 3 N–H and O–H groups in total. The van der Waals surface area contributed by atoms with Crippen molar-refractivity contribution in [3.8, 4) is 17.0 Å². The van der Waals surface area contributed by atoms with Crippen LogP contribution in [0.5, 0.6) is 5.75 Å². The summed E-state index contributed by atoms with van der Waals surface area (Å²) in [4.78, 5) is 14.0. The minimum atomic E-state index is -0.707. The summed E-state index contributed by atoms with van der Waals surface area (Å²) in [6.07, 6.45) is 4.25. The highest BCUT2D eigenvalue weighted by molar-refractivity contribution is 6.32. The molecular weight excluding hydrogens is 408 g/mol. The van der Waals surface area contributed by atoms with E-state index < -0.39 is 12.1 Å². The second kappa shape index (κ2) is 10.1. The molecule has 0 spiro atoms. The van der Waals surface area contributed by atoms with Crippen molar-refractivity contribution in [3.63, 3.8) is 0 Å². The van der Waals surface area contributed by atoms with E-state index in [1.165, 1.54) is 6.08 Å². The molecule has 1 aromatic heterocycles. The maximum Gasteiger partial charge on any atom is 0.252 e. The average molecular weight is 435 g/mol. The van der Waals surface area contributed by atoms with E-state index in [9.17, 15) is 9.90 Å². The Bertz CT molecular complexity index is 901. The standard InChI is InChI=1S/C21H27ClN4O4/c1-3-19(27)25-8-4-5-15(12-25)26-13-16(21(23)28)20(24-26)14-6-7-17(22)18(11-14)30-10-9-29-2/h3,6-7,11,13,15,19,27H,1,4-5,8-10,12H2,2H3,(H2,23,28)/t15-,19?/m1/s1. The van der Waals surface area contributed by atoms with Gasteiger partial charge in [-0.2, -0.15) is 5.10 Å². The molecule has 0 bridgehead atoms. The van der Waals surface area contributed by atoms with Crippen molar-refractivity contribution in [2.75, 3.05) is 33.4 Å². The van der Waals surface area contributed by atoms with E-state index in [-0.39, 0.29) is 6.04 Å². The van der Waals surface area contributed by atoms with Crippen LogP contribution in [0.2, 0.25) is 5.02 Å². The number of halogens is 1. The number of aromatic nitrogens is 2. The predicted octanol–water partition coefficient (Wildman–Crippen LogP) is 2.47. The Morgan fingerprint density at radius 1 is 1.50 bits per heavy atom. The number of benzene rings is 1. The van der Waals surface area contributed by atoms with E-state index in [1.54, 1.807) is 36.2 Å². The third kappa shape index (κ3) is 5.02. The normalized spacial score (nSPS) is 18.2. The number of rotatable bonds is 9. The number of nitrogens with zero attached hydrogens (tertiary/aromatic N) is 3. The van der Waals surface area contributed by atoms with Gasteiger partial charge in [0.1, 0.15) is 24.3 Å². The van der Waals surface area contributed by atoms with E-state index in [2.05, 4.69) is 11.7 Å². The summed E-state index contributed by atoms with van der Waals surface area (Å²) >= 11 is 6.23. The van der Waals surface area contributed by atoms with E-state index in [4.69, 9.17) is 26.8 Å². The summed E-state index contributed by atoms with van der Waals surface area (Å²) in [5.74, 6) is -0.0824. The number of nitrogens with two attached hydrogens (primary N) is 1. The number of carbonyl (C=O) groups is 1. The molecule has 162 valence electrons. The predicted molar refractivity (Wildman–Crippen MR) is 115 cm³/mol. The quantitative estimate of drug-likeness (QED) is 0.464. The summed E-state index contributed by atoms with van der Waals surface area (Å²) in [5.41, 5.74) is 7.10. The molecule has 0 saturated carbocycles. The molecule has 1 aromatic carbocycles. The SMILES string of the molecule is C=CC(O)N1CCC[C@@H](n2cc(C(N)=O)c(-c3ccc(Cl)c(OCCOC)c3)n2)C1. The van der Waals surface area contributed by atoms with Crippen LogP contribution in [0, 0.1) is 0 Å². The van der Waals surface area contributed by atoms with Crippen LogP contribution in [0.4, 0.5) is 0 Å². The zero-order chi connectivity index (χ0) is 21.7. The van der Waals surface area contributed by atoms with Crippen molar-refractivity contribution >= 4 is 17.5 Å². The number of hydrogen-bond acceptors (Lipinski definition) is 6. The molecule has 1 amide bonds. The van der Waals surface area contributed by atoms with E-state index >= 15 is 0 Å². The van der Waals surface area contributed by atoms with Crippen molar-refractivity contribution in [2.24, 2.45) is 5.73 Å². The first-order valence-electron chi connectivity index (χ1n) is 9.80. The Kier molecular flexibility index (Phi) is 7.49. The van der Waals surface area contributed by atoms with Crippen LogP contribution in [-0.2, 0) is 4.74 Å². The van der Waals surface area contributed by atoms with Gasteiger partial charge in [0.25, 0.3) is 5.91 Å². The van der Waals surface area contributed by atoms with Crippen molar-refractivity contribution in [1.82, 2.24) is 14.7 Å². The number of aliphatic hydroxyl groups excluding tert-OH is 1. The minimum absolute atomic E-state index is 0.00456. The summed E-state index contributed by atoms with van der Waals surface area (Å²) in [7, 11) is 1.59. The topological polar surface area (TPSA) is 103 Å². The van der Waals surface area contributed by atoms with E-state index in [0.717, 1.165) is 19.4 Å². The van der Waals surface area contributed by atoms with Crippen molar-refractivity contribution in [2.45, 2.75) is 25.1 Å². The van der Waals surface area contributed by atoms with Gasteiger partial charge in [-0.15, -0.1) is 0 Å². The van der Waals surface area contributed by atoms with E-state index in [0.29, 0.717) is 47.4 Å². The van der Waals surface area contributed by atoms with Crippen LogP contribution in [0.1, 0.15) is 29.2 Å². The third-order valence-corrected chi connectivity index (χ3v) is 5.45. The van der Waals surface area contributed by atoms with Crippen LogP contribution in [0.15, 0.2) is 37.1 Å². The molecular formula is C21H27ClN4O4. The molecule has 9 heteroatoms. The van der Waals surface area contributed by atoms with Crippen LogP contribution in [0.25, 0.3) is 11.3 Å². The molecule has 30 heavy (non-hydrogen) atoms. The fraction of sp³-hybridized carbons (Fsp3) is 0.429. The average Bonchev–Trinajstić information content (AvgIpc) is 3.20. The number of piperidine rings is 1. The lowest BCUT2D eigenvalue weighted by atomic mass is 10.1. The first kappa shape index (κ1) is 22.3. The zero-order valence-corrected chi connectivity index (χ0v) is 17.7. The molecule has 0 aliphatic carbocycles. The Hall–Kier alpha value is -2.39. The highest BCUT2D eigenvalue weighted by Gasteiger charge is 2.27. The van der Waals surface area contributed by atoms with Gasteiger partial charge in [-0.1, -0.05) is 24.2 Å². The van der Waals surface area contributed by atoms with Crippen LogP contribution in [0.3, 0.4) is 0 Å². The van der Waals surface area contributed by atoms with Crippen LogP contribution < -0.4 is 10.5 Å². The number of hydrogen-bond donors (Lipinski definition) is 2. The molecule has 8 nitrogen and oxygen atoms in total. The van der Waals surface area contributed by atoms with Gasteiger partial charge in [-0.25, -0.2) is 0 Å². The lowest BCUT2D eigenvalue weighted by Crippen LogP contribution is -2.42. The largest absolute Gasteiger partial charge is 0.490 e. The lowest BCUT2D eigenvalue weighted by molar-refractivity contribution is 0.0121. The molecule has 2 atom stereocenters. The van der Waals surface area contributed by atoms with Gasteiger partial charge in [0.2, 0.25) is 0 Å². The Labute approximate surface area is 180 Å². The smallest absolute Gasteiger partial charge is 0.252 e. The van der Waals surface area contributed by atoms with Crippen molar-refractivity contribution in [3.05, 3.63) is 47.6 Å². The molecule has 1 aliphatic rings. The number of amides is 1. The fourth-order valence-electron chi connectivity index (χ4n) is 3.56. The van der Waals surface area contributed by atoms with Gasteiger partial charge in [0.05, 0.1) is 23.2 Å². The highest BCUT2D eigenvalue weighted by Crippen LogP contribution is 2.33. The summed E-state index contributed by atoms with van der Waals surface area (Å²) in [6, 6.07) is 5.22. The second-order valence-corrected chi connectivity index (χ2v) is 7.57.